The minimum Gasteiger partial charge on any atom is -0.378 e. The van der Waals surface area contributed by atoms with Crippen LogP contribution in [0.1, 0.15) is 50.8 Å². The molecule has 24 heavy (non-hydrogen) atoms. The highest BCUT2D eigenvalue weighted by molar-refractivity contribution is 5.25. The molecule has 0 saturated carbocycles. The third kappa shape index (κ3) is 5.46. The summed E-state index contributed by atoms with van der Waals surface area (Å²) in [5.74, 6) is 0.736. The smallest absolute Gasteiger partial charge is 0.296 e. The van der Waals surface area contributed by atoms with E-state index in [-0.39, 0.29) is 6.04 Å². The van der Waals surface area contributed by atoms with Gasteiger partial charge in [-0.3, -0.25) is 9.74 Å². The second-order valence-electron chi connectivity index (χ2n) is 6.78. The minimum absolute atomic E-state index is 0.0154. The summed E-state index contributed by atoms with van der Waals surface area (Å²) in [6, 6.07) is 8.51. The van der Waals surface area contributed by atoms with E-state index in [4.69, 9.17) is 9.57 Å². The fourth-order valence-corrected chi connectivity index (χ4v) is 3.15. The predicted octanol–water partition coefficient (Wildman–Crippen LogP) is 3.59. The second-order valence-corrected chi connectivity index (χ2v) is 6.78. The lowest BCUT2D eigenvalue weighted by Gasteiger charge is -2.38. The Labute approximate surface area is 143 Å². The Hall–Kier alpha value is -1.66. The van der Waals surface area contributed by atoms with Crippen LogP contribution in [0.3, 0.4) is 0 Å². The summed E-state index contributed by atoms with van der Waals surface area (Å²) < 4.78 is 5.58. The number of ether oxygens (including phenoxy) is 1. The molecule has 0 aliphatic carbocycles. The highest BCUT2D eigenvalue weighted by Crippen LogP contribution is 2.27. The van der Waals surface area contributed by atoms with Gasteiger partial charge in [-0.1, -0.05) is 44.5 Å². The van der Waals surface area contributed by atoms with Crippen LogP contribution in [-0.4, -0.2) is 36.0 Å². The molecule has 1 saturated heterocycles. The molecule has 1 aliphatic rings. The fraction of sp³-hybridized carbons (Fsp3) is 0.667. The van der Waals surface area contributed by atoms with Gasteiger partial charge in [0.05, 0.1) is 19.3 Å². The zero-order chi connectivity index (χ0) is 17.5. The van der Waals surface area contributed by atoms with Crippen LogP contribution >= 0.6 is 0 Å². The number of rotatable bonds is 8. The molecular weight excluding hydrogens is 308 g/mol. The number of hydrogen-bond acceptors (Lipinski definition) is 5. The highest BCUT2D eigenvalue weighted by atomic mass is 17.0. The van der Waals surface area contributed by atoms with Gasteiger partial charge in [0, 0.05) is 6.54 Å². The molecule has 6 heteroatoms. The van der Waals surface area contributed by atoms with Crippen LogP contribution in [0.25, 0.3) is 0 Å². The molecule has 1 fully saturated rings. The van der Waals surface area contributed by atoms with Crippen molar-refractivity contribution in [1.82, 2.24) is 4.90 Å². The van der Waals surface area contributed by atoms with Gasteiger partial charge >= 0.3 is 0 Å². The average molecular weight is 336 g/mol. The van der Waals surface area contributed by atoms with Crippen LogP contribution in [-0.2, 0) is 16.0 Å². The number of morpholine rings is 1. The SMILES string of the molecule is CC(C)CCCc1ccc(C2COCCN2C(C)O[N+](=O)[O-])cc1. The van der Waals surface area contributed by atoms with Crippen molar-refractivity contribution in [2.24, 2.45) is 5.92 Å². The van der Waals surface area contributed by atoms with E-state index in [9.17, 15) is 10.1 Å². The Balaban J connectivity index is 2.00. The molecular formula is C18H28N2O4. The number of nitrogens with zero attached hydrogens (tertiary/aromatic N) is 2. The van der Waals surface area contributed by atoms with E-state index in [1.165, 1.54) is 18.4 Å². The Bertz CT molecular complexity index is 518. The second kappa shape index (κ2) is 8.99. The molecule has 2 rings (SSSR count). The minimum atomic E-state index is -0.727. The lowest BCUT2D eigenvalue weighted by Crippen LogP contribution is -2.46. The highest BCUT2D eigenvalue weighted by Gasteiger charge is 2.30. The first kappa shape index (κ1) is 18.7. The Kier molecular flexibility index (Phi) is 6.99. The molecule has 1 heterocycles. The van der Waals surface area contributed by atoms with E-state index in [1.54, 1.807) is 6.92 Å². The van der Waals surface area contributed by atoms with E-state index in [0.717, 1.165) is 17.9 Å². The van der Waals surface area contributed by atoms with Crippen LogP contribution in [0.15, 0.2) is 24.3 Å². The topological polar surface area (TPSA) is 64.8 Å². The maximum atomic E-state index is 10.6. The van der Waals surface area contributed by atoms with Gasteiger partial charge in [-0.05, 0) is 36.8 Å². The van der Waals surface area contributed by atoms with E-state index in [2.05, 4.69) is 38.1 Å². The van der Waals surface area contributed by atoms with E-state index < -0.39 is 11.3 Å². The molecule has 1 aliphatic heterocycles. The summed E-state index contributed by atoms with van der Waals surface area (Å²) in [5, 5.41) is 9.89. The van der Waals surface area contributed by atoms with Crippen LogP contribution in [0.4, 0.5) is 0 Å². The van der Waals surface area contributed by atoms with Crippen LogP contribution in [0.2, 0.25) is 0 Å². The van der Waals surface area contributed by atoms with E-state index in [1.807, 2.05) is 4.90 Å². The molecule has 0 aromatic heterocycles. The van der Waals surface area contributed by atoms with Crippen molar-refractivity contribution in [3.05, 3.63) is 45.5 Å². The third-order valence-corrected chi connectivity index (χ3v) is 4.49. The maximum Gasteiger partial charge on any atom is 0.296 e. The molecule has 2 unspecified atom stereocenters. The Morgan fingerprint density at radius 1 is 1.33 bits per heavy atom. The lowest BCUT2D eigenvalue weighted by molar-refractivity contribution is -0.774. The standard InChI is InChI=1S/C18H28N2O4/c1-14(2)5-4-6-16-7-9-17(10-8-16)18-13-23-12-11-19(18)15(3)24-20(21)22/h7-10,14-15,18H,4-6,11-13H2,1-3H3. The Morgan fingerprint density at radius 2 is 2.04 bits per heavy atom. The van der Waals surface area contributed by atoms with Crippen molar-refractivity contribution in [2.45, 2.75) is 52.3 Å². The monoisotopic (exact) mass is 336 g/mol. The summed E-state index contributed by atoms with van der Waals surface area (Å²) in [5.41, 5.74) is 2.44. The molecule has 6 nitrogen and oxygen atoms in total. The van der Waals surface area contributed by atoms with Gasteiger partial charge in [0.25, 0.3) is 5.09 Å². The number of hydrogen-bond donors (Lipinski definition) is 0. The predicted molar refractivity (Wildman–Crippen MR) is 92.0 cm³/mol. The van der Waals surface area contributed by atoms with Gasteiger partial charge < -0.3 is 4.74 Å². The van der Waals surface area contributed by atoms with Gasteiger partial charge in [0.1, 0.15) is 0 Å². The maximum absolute atomic E-state index is 10.6. The molecule has 0 radical (unpaired) electrons. The van der Waals surface area contributed by atoms with Crippen molar-refractivity contribution in [3.63, 3.8) is 0 Å². The zero-order valence-corrected chi connectivity index (χ0v) is 14.8. The molecule has 0 spiro atoms. The first-order valence-electron chi connectivity index (χ1n) is 8.71. The molecule has 1 aromatic rings. The van der Waals surface area contributed by atoms with Crippen molar-refractivity contribution in [3.8, 4) is 0 Å². The average Bonchev–Trinajstić information content (AvgIpc) is 2.54. The summed E-state index contributed by atoms with van der Waals surface area (Å²) in [6.07, 6.45) is 2.94. The van der Waals surface area contributed by atoms with Crippen molar-refractivity contribution < 1.29 is 14.7 Å². The van der Waals surface area contributed by atoms with Gasteiger partial charge in [0.15, 0.2) is 6.23 Å². The molecule has 1 aromatic carbocycles. The molecule has 0 amide bonds. The van der Waals surface area contributed by atoms with Crippen LogP contribution in [0, 0.1) is 16.0 Å². The largest absolute Gasteiger partial charge is 0.378 e. The van der Waals surface area contributed by atoms with Crippen molar-refractivity contribution >= 4 is 0 Å². The van der Waals surface area contributed by atoms with Gasteiger partial charge in [-0.2, -0.15) is 0 Å². The molecule has 2 atom stereocenters. The number of benzene rings is 1. The van der Waals surface area contributed by atoms with Gasteiger partial charge in [-0.15, -0.1) is 10.1 Å². The first-order valence-corrected chi connectivity index (χ1v) is 8.71. The normalized spacial score (nSPS) is 20.1. The Morgan fingerprint density at radius 3 is 2.67 bits per heavy atom. The summed E-state index contributed by atoms with van der Waals surface area (Å²) in [7, 11) is 0. The van der Waals surface area contributed by atoms with Crippen molar-refractivity contribution in [2.75, 3.05) is 19.8 Å². The van der Waals surface area contributed by atoms with Gasteiger partial charge in [-0.25, -0.2) is 0 Å². The molecule has 134 valence electrons. The van der Waals surface area contributed by atoms with Crippen LogP contribution < -0.4 is 0 Å². The van der Waals surface area contributed by atoms with Gasteiger partial charge in [0.2, 0.25) is 0 Å². The van der Waals surface area contributed by atoms with Crippen molar-refractivity contribution in [1.29, 1.82) is 0 Å². The van der Waals surface area contributed by atoms with E-state index >= 15 is 0 Å². The van der Waals surface area contributed by atoms with E-state index in [0.29, 0.717) is 19.8 Å². The fourth-order valence-electron chi connectivity index (χ4n) is 3.15. The molecule has 0 N–H and O–H groups in total. The third-order valence-electron chi connectivity index (χ3n) is 4.49. The summed E-state index contributed by atoms with van der Waals surface area (Å²) in [4.78, 5) is 17.3. The zero-order valence-electron chi connectivity index (χ0n) is 14.8. The summed E-state index contributed by atoms with van der Waals surface area (Å²) >= 11 is 0. The first-order chi connectivity index (χ1) is 11.5. The van der Waals surface area contributed by atoms with Crippen LogP contribution in [0.5, 0.6) is 0 Å². The lowest BCUT2D eigenvalue weighted by atomic mass is 9.99. The quantitative estimate of drug-likeness (QED) is 0.536. The molecule has 0 bridgehead atoms. The summed E-state index contributed by atoms with van der Waals surface area (Å²) in [6.45, 7) is 7.91. The number of aryl methyl sites for hydroxylation is 1.